The molecule has 0 spiro atoms. The van der Waals surface area contributed by atoms with Crippen molar-refractivity contribution in [2.24, 2.45) is 0 Å². The van der Waals surface area contributed by atoms with Crippen molar-refractivity contribution >= 4 is 29.2 Å². The van der Waals surface area contributed by atoms with E-state index in [1.807, 2.05) is 18.2 Å². The molecule has 0 aliphatic carbocycles. The van der Waals surface area contributed by atoms with E-state index in [-0.39, 0.29) is 25.5 Å². The molecule has 2 aromatic carbocycles. The molecule has 6 heteroatoms. The lowest BCUT2D eigenvalue weighted by molar-refractivity contribution is -0.166. The lowest BCUT2D eigenvalue weighted by atomic mass is 9.73. The molecule has 0 fully saturated rings. The molecule has 1 heterocycles. The smallest absolute Gasteiger partial charge is 0.328 e. The van der Waals surface area contributed by atoms with Gasteiger partial charge in [-0.3, -0.25) is 19.3 Å². The van der Waals surface area contributed by atoms with Crippen LogP contribution in [0.3, 0.4) is 0 Å². The monoisotopic (exact) mass is 367 g/mol. The lowest BCUT2D eigenvalue weighted by Crippen LogP contribution is -2.53. The zero-order valence-electron chi connectivity index (χ0n) is 15.3. The summed E-state index contributed by atoms with van der Waals surface area (Å²) in [6, 6.07) is 16.0. The standard InChI is InChI=1S/C21H21NO5/c1-3-26-19(24)21(20(25)27-4-2)14-18(23)22(15-10-6-5-7-11-15)17-13-9-8-12-16(17)21/h5-13H,3-4,14H2,1-2H3. The van der Waals surface area contributed by atoms with Crippen LogP contribution >= 0.6 is 0 Å². The Hall–Kier alpha value is -3.15. The topological polar surface area (TPSA) is 72.9 Å². The van der Waals surface area contributed by atoms with Crippen LogP contribution in [-0.4, -0.2) is 31.1 Å². The number of nitrogens with zero attached hydrogens (tertiary/aromatic N) is 1. The maximum Gasteiger partial charge on any atom is 0.328 e. The molecule has 6 nitrogen and oxygen atoms in total. The van der Waals surface area contributed by atoms with Gasteiger partial charge in [0.05, 0.1) is 25.3 Å². The first-order valence-corrected chi connectivity index (χ1v) is 8.88. The van der Waals surface area contributed by atoms with Crippen LogP contribution in [0.15, 0.2) is 54.6 Å². The van der Waals surface area contributed by atoms with E-state index in [0.717, 1.165) is 0 Å². The second kappa shape index (κ2) is 7.61. The molecule has 0 saturated carbocycles. The van der Waals surface area contributed by atoms with Gasteiger partial charge >= 0.3 is 11.9 Å². The van der Waals surface area contributed by atoms with E-state index < -0.39 is 17.4 Å². The number of para-hydroxylation sites is 2. The zero-order chi connectivity index (χ0) is 19.4. The molecule has 1 aliphatic rings. The van der Waals surface area contributed by atoms with Crippen LogP contribution in [0.5, 0.6) is 0 Å². The Morgan fingerprint density at radius 2 is 1.48 bits per heavy atom. The van der Waals surface area contributed by atoms with Gasteiger partial charge < -0.3 is 9.47 Å². The Labute approximate surface area is 157 Å². The number of fused-ring (bicyclic) bond motifs is 1. The van der Waals surface area contributed by atoms with Gasteiger partial charge in [-0.1, -0.05) is 36.4 Å². The first-order valence-electron chi connectivity index (χ1n) is 8.88. The Bertz CT molecular complexity index is 844. The average molecular weight is 367 g/mol. The highest BCUT2D eigenvalue weighted by atomic mass is 16.6. The number of carbonyl (C=O) groups is 3. The molecule has 27 heavy (non-hydrogen) atoms. The third-order valence-corrected chi connectivity index (χ3v) is 4.53. The van der Waals surface area contributed by atoms with E-state index in [0.29, 0.717) is 16.9 Å². The molecule has 0 N–H and O–H groups in total. The second-order valence-electron chi connectivity index (χ2n) is 6.10. The fourth-order valence-corrected chi connectivity index (χ4v) is 3.38. The number of esters is 2. The molecule has 1 aliphatic heterocycles. The van der Waals surface area contributed by atoms with Crippen LogP contribution in [0.25, 0.3) is 0 Å². The highest BCUT2D eigenvalue weighted by Crippen LogP contribution is 2.45. The van der Waals surface area contributed by atoms with E-state index in [1.54, 1.807) is 50.2 Å². The number of rotatable bonds is 5. The Morgan fingerprint density at radius 1 is 0.926 bits per heavy atom. The number of ether oxygens (including phenoxy) is 2. The number of carbonyl (C=O) groups excluding carboxylic acids is 3. The van der Waals surface area contributed by atoms with Gasteiger partial charge in [-0.05, 0) is 32.0 Å². The molecule has 0 aromatic heterocycles. The van der Waals surface area contributed by atoms with Crippen molar-refractivity contribution in [1.82, 2.24) is 0 Å². The van der Waals surface area contributed by atoms with Crippen LogP contribution in [0.1, 0.15) is 25.8 Å². The van der Waals surface area contributed by atoms with Crippen LogP contribution in [0.4, 0.5) is 11.4 Å². The summed E-state index contributed by atoms with van der Waals surface area (Å²) in [6.45, 7) is 3.50. The molecular weight excluding hydrogens is 346 g/mol. The van der Waals surface area contributed by atoms with Gasteiger partial charge in [0, 0.05) is 11.3 Å². The maximum atomic E-state index is 13.1. The highest BCUT2D eigenvalue weighted by Gasteiger charge is 2.57. The quantitative estimate of drug-likeness (QED) is 0.600. The largest absolute Gasteiger partial charge is 0.465 e. The van der Waals surface area contributed by atoms with E-state index in [1.165, 1.54) is 4.90 Å². The van der Waals surface area contributed by atoms with Crippen molar-refractivity contribution in [1.29, 1.82) is 0 Å². The predicted octanol–water partition coefficient (Wildman–Crippen LogP) is 3.12. The molecule has 1 amide bonds. The van der Waals surface area contributed by atoms with Crippen molar-refractivity contribution < 1.29 is 23.9 Å². The molecular formula is C21H21NO5. The minimum atomic E-state index is -1.80. The minimum absolute atomic E-state index is 0.0960. The molecule has 0 atom stereocenters. The van der Waals surface area contributed by atoms with Crippen LogP contribution < -0.4 is 4.90 Å². The summed E-state index contributed by atoms with van der Waals surface area (Å²) < 4.78 is 10.4. The van der Waals surface area contributed by atoms with E-state index in [2.05, 4.69) is 0 Å². The molecule has 2 aromatic rings. The maximum absolute atomic E-state index is 13.1. The van der Waals surface area contributed by atoms with Gasteiger partial charge in [-0.15, -0.1) is 0 Å². The molecule has 140 valence electrons. The van der Waals surface area contributed by atoms with E-state index >= 15 is 0 Å². The van der Waals surface area contributed by atoms with Crippen molar-refractivity contribution in [2.75, 3.05) is 18.1 Å². The van der Waals surface area contributed by atoms with Gasteiger partial charge in [0.15, 0.2) is 0 Å². The molecule has 0 bridgehead atoms. The molecule has 0 unspecified atom stereocenters. The average Bonchev–Trinajstić information content (AvgIpc) is 2.68. The second-order valence-corrected chi connectivity index (χ2v) is 6.10. The number of benzene rings is 2. The van der Waals surface area contributed by atoms with Crippen molar-refractivity contribution in [3.05, 3.63) is 60.2 Å². The van der Waals surface area contributed by atoms with Crippen molar-refractivity contribution in [2.45, 2.75) is 25.7 Å². The number of amides is 1. The van der Waals surface area contributed by atoms with Gasteiger partial charge in [0.1, 0.15) is 0 Å². The predicted molar refractivity (Wildman–Crippen MR) is 99.6 cm³/mol. The molecule has 0 radical (unpaired) electrons. The number of hydrogen-bond acceptors (Lipinski definition) is 5. The zero-order valence-corrected chi connectivity index (χ0v) is 15.3. The van der Waals surface area contributed by atoms with Gasteiger partial charge in [0.25, 0.3) is 0 Å². The third kappa shape index (κ3) is 3.07. The van der Waals surface area contributed by atoms with E-state index in [9.17, 15) is 14.4 Å². The lowest BCUT2D eigenvalue weighted by Gasteiger charge is -2.39. The van der Waals surface area contributed by atoms with Gasteiger partial charge in [-0.25, -0.2) is 0 Å². The van der Waals surface area contributed by atoms with Crippen molar-refractivity contribution in [3.63, 3.8) is 0 Å². The number of hydrogen-bond donors (Lipinski definition) is 0. The van der Waals surface area contributed by atoms with Crippen LogP contribution in [0, 0.1) is 0 Å². The summed E-state index contributed by atoms with van der Waals surface area (Å²) in [7, 11) is 0. The summed E-state index contributed by atoms with van der Waals surface area (Å²) >= 11 is 0. The van der Waals surface area contributed by atoms with Gasteiger partial charge in [-0.2, -0.15) is 0 Å². The van der Waals surface area contributed by atoms with E-state index in [4.69, 9.17) is 9.47 Å². The molecule has 0 saturated heterocycles. The summed E-state index contributed by atoms with van der Waals surface area (Å²) in [5.41, 5.74) is -0.256. The first-order chi connectivity index (χ1) is 13.1. The Kier molecular flexibility index (Phi) is 5.26. The first kappa shape index (κ1) is 18.6. The van der Waals surface area contributed by atoms with Crippen LogP contribution in [-0.2, 0) is 29.3 Å². The summed E-state index contributed by atoms with van der Waals surface area (Å²) in [5.74, 6) is -1.91. The minimum Gasteiger partial charge on any atom is -0.465 e. The Morgan fingerprint density at radius 3 is 2.07 bits per heavy atom. The number of anilines is 2. The highest BCUT2D eigenvalue weighted by molar-refractivity contribution is 6.17. The van der Waals surface area contributed by atoms with Gasteiger partial charge in [0.2, 0.25) is 11.3 Å². The Balaban J connectivity index is 2.23. The normalized spacial score (nSPS) is 15.0. The summed E-state index contributed by atoms with van der Waals surface area (Å²) in [5, 5.41) is 0. The summed E-state index contributed by atoms with van der Waals surface area (Å²) in [4.78, 5) is 40.4. The fourth-order valence-electron chi connectivity index (χ4n) is 3.38. The molecule has 3 rings (SSSR count). The van der Waals surface area contributed by atoms with Crippen LogP contribution in [0.2, 0.25) is 0 Å². The summed E-state index contributed by atoms with van der Waals surface area (Å²) in [6.07, 6.45) is -0.351. The van der Waals surface area contributed by atoms with Crippen molar-refractivity contribution in [3.8, 4) is 0 Å². The third-order valence-electron chi connectivity index (χ3n) is 4.53. The fraction of sp³-hybridized carbons (Fsp3) is 0.286. The SMILES string of the molecule is CCOC(=O)C1(C(=O)OCC)CC(=O)N(c2ccccc2)c2ccccc21.